The van der Waals surface area contributed by atoms with Gasteiger partial charge in [-0.05, 0) is 5.56 Å². The molecule has 5 fully saturated rings. The van der Waals surface area contributed by atoms with Crippen LogP contribution in [0.5, 0.6) is 0 Å². The molecule has 4 aromatic heterocycles. The van der Waals surface area contributed by atoms with E-state index in [1.54, 1.807) is 30.3 Å². The van der Waals surface area contributed by atoms with Gasteiger partial charge in [0.15, 0.2) is 31.2 Å². The first-order valence-corrected chi connectivity index (χ1v) is 31.9. The smallest absolute Gasteiger partial charge is 0.387 e. The summed E-state index contributed by atoms with van der Waals surface area (Å²) in [6, 6.07) is 12.9. The predicted molar refractivity (Wildman–Crippen MR) is 286 cm³/mol. The summed E-state index contributed by atoms with van der Waals surface area (Å²) in [4.78, 5) is 142. The number of nitrogens with zero attached hydrogens (tertiary/aromatic N) is 4. The Kier molecular flexibility index (Phi) is 21.0. The fraction of sp³-hybridized carbons (Fsp3) is 0.500. The van der Waals surface area contributed by atoms with Crippen LogP contribution in [0.2, 0.25) is 0 Å². The number of H-pyrrole nitrogens is 4. The third kappa shape index (κ3) is 16.2. The van der Waals surface area contributed by atoms with E-state index in [0.29, 0.717) is 4.57 Å². The van der Waals surface area contributed by atoms with Gasteiger partial charge < -0.3 is 78.6 Å². The number of phosphoric ester groups is 3. The van der Waals surface area contributed by atoms with Crippen molar-refractivity contribution in [2.75, 3.05) is 26.4 Å². The Morgan fingerprint density at radius 1 is 0.378 bits per heavy atom. The van der Waals surface area contributed by atoms with Gasteiger partial charge in [-0.3, -0.25) is 75.5 Å². The fourth-order valence-corrected chi connectivity index (χ4v) is 13.8. The number of aliphatic hydroxyl groups is 6. The van der Waals surface area contributed by atoms with Crippen molar-refractivity contribution in [3.05, 3.63) is 168 Å². The molecule has 494 valence electrons. The van der Waals surface area contributed by atoms with E-state index in [-0.39, 0.29) is 6.42 Å². The molecule has 21 atom stereocenters. The van der Waals surface area contributed by atoms with Crippen molar-refractivity contribution in [1.82, 2.24) is 38.2 Å². The first kappa shape index (κ1) is 68.3. The number of rotatable bonds is 22. The quantitative estimate of drug-likeness (QED) is 0.0287. The average molecular weight is 1360 g/mol. The number of benzene rings is 1. The van der Waals surface area contributed by atoms with Gasteiger partial charge in [-0.25, -0.2) is 37.4 Å². The van der Waals surface area contributed by atoms with Crippen LogP contribution in [0.4, 0.5) is 0 Å². The minimum atomic E-state index is -5.98. The lowest BCUT2D eigenvalue weighted by molar-refractivity contribution is -0.150. The third-order valence-corrected chi connectivity index (χ3v) is 18.9. The maximum Gasteiger partial charge on any atom is 0.490 e. The molecule has 5 aromatic rings. The first-order valence-electron chi connectivity index (χ1n) is 25.9. The summed E-state index contributed by atoms with van der Waals surface area (Å²) in [5.74, 6) is 0. The fourth-order valence-electron chi connectivity index (χ4n) is 9.49. The van der Waals surface area contributed by atoms with Crippen LogP contribution in [0, 0.1) is 0 Å². The average Bonchev–Trinajstić information content (AvgIpc) is 1.73. The minimum absolute atomic E-state index is 0.243. The molecule has 90 heavy (non-hydrogen) atoms. The largest absolute Gasteiger partial charge is 0.490 e. The zero-order chi connectivity index (χ0) is 65.4. The Morgan fingerprint density at radius 2 is 0.689 bits per heavy atom. The zero-order valence-electron chi connectivity index (χ0n) is 45.2. The molecule has 46 heteroatoms. The van der Waals surface area contributed by atoms with E-state index >= 15 is 0 Å². The van der Waals surface area contributed by atoms with Crippen molar-refractivity contribution < 1.29 is 124 Å². The van der Waals surface area contributed by atoms with Crippen LogP contribution in [-0.4, -0.2) is 194 Å². The van der Waals surface area contributed by atoms with Crippen LogP contribution < -0.4 is 45.0 Å². The van der Waals surface area contributed by atoms with E-state index in [0.717, 1.165) is 68.3 Å². The Hall–Kier alpha value is -6.02. The van der Waals surface area contributed by atoms with E-state index in [1.807, 2.05) is 15.0 Å². The molecule has 1 aromatic carbocycles. The predicted octanol–water partition coefficient (Wildman–Crippen LogP) is -6.22. The number of nitrogens with one attached hydrogen (secondary N) is 4. The molecule has 14 N–H and O–H groups in total. The normalized spacial score (nSPS) is 32.4. The van der Waals surface area contributed by atoms with Gasteiger partial charge in [-0.15, -0.1) is 0 Å². The van der Waals surface area contributed by atoms with Crippen LogP contribution >= 0.6 is 31.3 Å². The second-order valence-electron chi connectivity index (χ2n) is 19.8. The van der Waals surface area contributed by atoms with Gasteiger partial charge in [0.05, 0.1) is 26.4 Å². The van der Waals surface area contributed by atoms with Gasteiger partial charge in [0.1, 0.15) is 73.2 Å². The van der Waals surface area contributed by atoms with Crippen LogP contribution in [0.25, 0.3) is 0 Å². The number of hydrogen-bond acceptors (Lipinski definition) is 30. The second kappa shape index (κ2) is 27.7. The van der Waals surface area contributed by atoms with Crippen molar-refractivity contribution in [1.29, 1.82) is 0 Å². The molecule has 7 unspecified atom stereocenters. The number of aromatic amines is 4. The number of phosphoric acid groups is 4. The molecule has 5 saturated heterocycles. The molecule has 5 aliphatic rings. The maximum absolute atomic E-state index is 12.7. The van der Waals surface area contributed by atoms with Crippen LogP contribution in [0.1, 0.15) is 30.5 Å². The number of aromatic nitrogens is 8. The summed E-state index contributed by atoms with van der Waals surface area (Å²) in [6.07, 6.45) is -20.4. The Morgan fingerprint density at radius 3 is 1.04 bits per heavy atom. The molecule has 9 heterocycles. The molecule has 0 amide bonds. The van der Waals surface area contributed by atoms with Crippen molar-refractivity contribution in [2.24, 2.45) is 0 Å². The molecule has 0 bridgehead atoms. The molecule has 0 spiro atoms. The molecule has 0 aliphatic carbocycles. The van der Waals surface area contributed by atoms with Crippen LogP contribution in [-0.2, 0) is 79.8 Å². The lowest BCUT2D eigenvalue weighted by Gasteiger charge is -2.22. The van der Waals surface area contributed by atoms with Crippen molar-refractivity contribution in [3.8, 4) is 0 Å². The van der Waals surface area contributed by atoms with E-state index < -0.39 is 207 Å². The molecule has 10 rings (SSSR count). The highest BCUT2D eigenvalue weighted by atomic mass is 31.3. The Labute approximate surface area is 497 Å². The van der Waals surface area contributed by atoms with Crippen molar-refractivity contribution in [3.63, 3.8) is 0 Å². The summed E-state index contributed by atoms with van der Waals surface area (Å²) < 4.78 is 114. The maximum atomic E-state index is 12.7. The Bertz CT molecular complexity index is 3980. The lowest BCUT2D eigenvalue weighted by Crippen LogP contribution is -2.37. The third-order valence-electron chi connectivity index (χ3n) is 13.7. The second-order valence-corrected chi connectivity index (χ2v) is 25.9. The highest BCUT2D eigenvalue weighted by Gasteiger charge is 2.55. The summed E-state index contributed by atoms with van der Waals surface area (Å²) in [7, 11) is -22.2. The van der Waals surface area contributed by atoms with Gasteiger partial charge in [0, 0.05) is 55.5 Å². The number of aliphatic hydroxyl groups excluding tert-OH is 6. The number of hydrogen-bond donors (Lipinski definition) is 14. The molecular weight excluding hydrogens is 1310 g/mol. The number of fused-ring (bicyclic) bond motifs is 1. The molecule has 0 saturated carbocycles. The lowest BCUT2D eigenvalue weighted by atomic mass is 10.1. The summed E-state index contributed by atoms with van der Waals surface area (Å²) >= 11 is 0. The van der Waals surface area contributed by atoms with Crippen LogP contribution in [0.3, 0.4) is 0 Å². The highest BCUT2D eigenvalue weighted by Crippen LogP contribution is 2.68. The highest BCUT2D eigenvalue weighted by molar-refractivity contribution is 7.66. The molecular formula is C44H54N8O34P4. The first-order chi connectivity index (χ1) is 42.3. The molecule has 0 radical (unpaired) electrons. The zero-order valence-corrected chi connectivity index (χ0v) is 48.8. The van der Waals surface area contributed by atoms with Gasteiger partial charge in [0.2, 0.25) is 0 Å². The molecule has 5 aliphatic heterocycles. The number of ether oxygens (including phenoxy) is 6. The minimum Gasteiger partial charge on any atom is -0.387 e. The van der Waals surface area contributed by atoms with Crippen molar-refractivity contribution in [2.45, 2.75) is 111 Å². The van der Waals surface area contributed by atoms with Gasteiger partial charge in [0.25, 0.3) is 22.2 Å². The topological polar surface area (TPSA) is 601 Å². The van der Waals surface area contributed by atoms with Gasteiger partial charge in [-0.1, -0.05) is 30.3 Å². The van der Waals surface area contributed by atoms with Gasteiger partial charge in [-0.2, -0.15) is 8.62 Å². The monoisotopic (exact) mass is 1360 g/mol. The van der Waals surface area contributed by atoms with E-state index in [1.165, 1.54) is 0 Å². The summed E-state index contributed by atoms with van der Waals surface area (Å²) in [6.45, 7) is -3.58. The summed E-state index contributed by atoms with van der Waals surface area (Å²) in [5, 5.41) is 61.4. The van der Waals surface area contributed by atoms with Crippen LogP contribution in [0.15, 0.2) is 118 Å². The van der Waals surface area contributed by atoms with E-state index in [2.05, 4.69) is 18.1 Å². The summed E-state index contributed by atoms with van der Waals surface area (Å²) in [5.41, 5.74) is -5.82. The Balaban J connectivity index is 0.000000228. The van der Waals surface area contributed by atoms with E-state index in [9.17, 15) is 107 Å². The molecule has 42 nitrogen and oxygen atoms in total. The van der Waals surface area contributed by atoms with Crippen molar-refractivity contribution >= 4 is 31.3 Å². The SMILES string of the molecule is O=c1ccn([C@@H]2OC(COP(=O)(O)OP(=O)(O)OP(=O)(O)OC[C@H]3O[C@@H](n4ccc(=O)[nH]c4=O)[C@@H]4OC(Cc5ccccc5)O[C@@H]43)[C@@H](O)[C@H]2O)c(=O)[nH]1.O=c1ccn([C@@H]2O[C@H](COP(=O)(O)OCC3O[C@@H](n4ccc(=O)[nH]c4=O)[C@H](O)[C@@H]3O)[C@@H](O)[C@H]2O)c(=O)[nH]1. The van der Waals surface area contributed by atoms with E-state index in [4.69, 9.17) is 42.0 Å². The van der Waals surface area contributed by atoms with Gasteiger partial charge >= 0.3 is 54.0 Å². The standard InChI is InChI=1S/C26H31N4O20P3.C18H23N4O14P/c31-16-6-8-29(25(35)27-16)23-20(34)19(33)14(45-23)11-43-51(37,38)49-53(41,42)50-52(39,40)44-12-15-21-22(24(46-15)30-9-7-17(32)28-26(30)36)48-18(47-21)10-13-4-2-1-3-5-13;23-9-1-3-21(17(29)19-9)15-13(27)11(25)7(35-15)5-33-37(31,32)34-6-8-12(26)14(28)16(36-8)22-4-2-10(24)20-18(22)30/h1-9,14-15,18-24,33-34H,10-12H2,(H,37,38)(H,39,40)(H,41,42)(H,27,31,35)(H,28,32,36);1-4,7-8,11-16,25-28H,5-6H2,(H,31,32)(H,19,23,29)(H,20,24,30)/t14?,15-,18?,19-,20-,21-,22-,23-,24-;7-,8?,11-,12-,13-,14-,15-,16-/m11/s1.